The van der Waals surface area contributed by atoms with Crippen molar-refractivity contribution in [2.75, 3.05) is 13.7 Å². The lowest BCUT2D eigenvalue weighted by Gasteiger charge is -2.36. The van der Waals surface area contributed by atoms with Gasteiger partial charge in [0.1, 0.15) is 0 Å². The number of allylic oxidation sites excluding steroid dienone is 8. The van der Waals surface area contributed by atoms with E-state index in [4.69, 9.17) is 9.47 Å². The van der Waals surface area contributed by atoms with Gasteiger partial charge in [-0.2, -0.15) is 0 Å². The van der Waals surface area contributed by atoms with Crippen LogP contribution < -0.4 is 0 Å². The second kappa shape index (κ2) is 12.3. The van der Waals surface area contributed by atoms with Gasteiger partial charge in [0.25, 0.3) is 0 Å². The Bertz CT molecular complexity index is 988. The van der Waals surface area contributed by atoms with Gasteiger partial charge in [0.05, 0.1) is 6.10 Å². The second-order valence-corrected chi connectivity index (χ2v) is 9.13. The van der Waals surface area contributed by atoms with Crippen LogP contribution >= 0.6 is 0 Å². The summed E-state index contributed by atoms with van der Waals surface area (Å²) in [6, 6.07) is 8.79. The first kappa shape index (κ1) is 26.3. The number of benzene rings is 1. The highest BCUT2D eigenvalue weighted by molar-refractivity contribution is 5.98. The van der Waals surface area contributed by atoms with Gasteiger partial charge in [-0.15, -0.1) is 0 Å². The van der Waals surface area contributed by atoms with E-state index in [1.165, 1.54) is 17.2 Å². The van der Waals surface area contributed by atoms with Crippen molar-refractivity contribution in [1.82, 2.24) is 0 Å². The summed E-state index contributed by atoms with van der Waals surface area (Å²) < 4.78 is 10.7. The number of esters is 1. The number of carbonyl (C=O) groups excluding carboxylic acids is 2. The molecular weight excluding hydrogens is 412 g/mol. The average Bonchev–Trinajstić information content (AvgIpc) is 2.77. The Labute approximate surface area is 198 Å². The molecule has 4 nitrogen and oxygen atoms in total. The van der Waals surface area contributed by atoms with Crippen molar-refractivity contribution in [2.24, 2.45) is 5.41 Å². The van der Waals surface area contributed by atoms with Gasteiger partial charge in [-0.1, -0.05) is 80.1 Å². The van der Waals surface area contributed by atoms with Crippen molar-refractivity contribution in [1.29, 1.82) is 0 Å². The van der Waals surface area contributed by atoms with Crippen LogP contribution in [0.3, 0.4) is 0 Å². The molecule has 0 saturated carbocycles. The van der Waals surface area contributed by atoms with E-state index >= 15 is 0 Å². The third-order valence-corrected chi connectivity index (χ3v) is 5.97. The maximum Gasteiger partial charge on any atom is 0.331 e. The zero-order valence-corrected chi connectivity index (χ0v) is 20.7. The van der Waals surface area contributed by atoms with Crippen molar-refractivity contribution >= 4 is 11.8 Å². The summed E-state index contributed by atoms with van der Waals surface area (Å²) in [6.07, 6.45) is 13.8. The van der Waals surface area contributed by atoms with E-state index < -0.39 is 5.97 Å². The Morgan fingerprint density at radius 2 is 1.79 bits per heavy atom. The second-order valence-electron chi connectivity index (χ2n) is 9.13. The molecule has 1 aliphatic rings. The Balaban J connectivity index is 1.93. The lowest BCUT2D eigenvalue weighted by atomic mass is 9.71. The molecule has 0 amide bonds. The molecule has 1 aromatic carbocycles. The van der Waals surface area contributed by atoms with Gasteiger partial charge >= 0.3 is 5.97 Å². The molecule has 0 fully saturated rings. The van der Waals surface area contributed by atoms with Gasteiger partial charge in [0, 0.05) is 18.7 Å². The van der Waals surface area contributed by atoms with Gasteiger partial charge in [-0.05, 0) is 55.7 Å². The number of hydrogen-bond donors (Lipinski definition) is 0. The third-order valence-electron chi connectivity index (χ3n) is 5.97. The predicted molar refractivity (Wildman–Crippen MR) is 134 cm³/mol. The van der Waals surface area contributed by atoms with Gasteiger partial charge in [0.15, 0.2) is 12.4 Å². The molecule has 2 rings (SSSR count). The number of ketones is 1. The van der Waals surface area contributed by atoms with Crippen LogP contribution in [-0.4, -0.2) is 31.6 Å². The van der Waals surface area contributed by atoms with Crippen LogP contribution in [0.4, 0.5) is 0 Å². The fraction of sp³-hybridized carbons (Fsp3) is 0.379. The lowest BCUT2D eigenvalue weighted by molar-refractivity contribution is -0.136. The maximum atomic E-state index is 12.0. The van der Waals surface area contributed by atoms with Crippen LogP contribution in [0, 0.1) is 5.41 Å². The summed E-state index contributed by atoms with van der Waals surface area (Å²) >= 11 is 0. The first-order valence-electron chi connectivity index (χ1n) is 11.3. The molecule has 0 radical (unpaired) electrons. The standard InChI is InChI=1S/C29H36O4/c1-21(15-16-25-23(3)27(32-6)17-18-29(25,4)5)11-10-12-22(2)19-28(31)33-20-26(30)24-13-8-7-9-14-24/h7-16,19,27H,17-18,20H2,1-6H3/t27-/m0/s1. The van der Waals surface area contributed by atoms with Gasteiger partial charge in [-0.3, -0.25) is 4.79 Å². The van der Waals surface area contributed by atoms with Crippen LogP contribution in [0.15, 0.2) is 89.1 Å². The van der Waals surface area contributed by atoms with Gasteiger partial charge < -0.3 is 9.47 Å². The number of rotatable bonds is 9. The highest BCUT2D eigenvalue weighted by Gasteiger charge is 2.31. The summed E-state index contributed by atoms with van der Waals surface area (Å²) in [5, 5.41) is 0. The van der Waals surface area contributed by atoms with Crippen LogP contribution in [0.1, 0.15) is 57.8 Å². The zero-order valence-electron chi connectivity index (χ0n) is 20.7. The van der Waals surface area contributed by atoms with E-state index in [1.54, 1.807) is 31.4 Å². The number of ether oxygens (including phenoxy) is 2. The topological polar surface area (TPSA) is 52.6 Å². The van der Waals surface area contributed by atoms with E-state index in [0.29, 0.717) is 5.56 Å². The fourth-order valence-electron chi connectivity index (χ4n) is 3.94. The normalized spacial score (nSPS) is 19.4. The quantitative estimate of drug-likeness (QED) is 0.186. The van der Waals surface area contributed by atoms with Crippen LogP contribution in [0.25, 0.3) is 0 Å². The minimum absolute atomic E-state index is 0.132. The number of hydrogen-bond acceptors (Lipinski definition) is 4. The molecule has 1 aromatic rings. The maximum absolute atomic E-state index is 12.0. The summed E-state index contributed by atoms with van der Waals surface area (Å²) in [4.78, 5) is 24.0. The first-order valence-corrected chi connectivity index (χ1v) is 11.3. The highest BCUT2D eigenvalue weighted by atomic mass is 16.5. The molecule has 0 heterocycles. The van der Waals surface area contributed by atoms with Gasteiger partial charge in [0.2, 0.25) is 0 Å². The fourth-order valence-corrected chi connectivity index (χ4v) is 3.94. The molecule has 0 aromatic heterocycles. The molecule has 0 saturated heterocycles. The van der Waals surface area contributed by atoms with E-state index in [9.17, 15) is 9.59 Å². The Kier molecular flexibility index (Phi) is 9.80. The molecule has 0 N–H and O–H groups in total. The summed E-state index contributed by atoms with van der Waals surface area (Å²) in [5.41, 5.74) is 5.14. The first-order chi connectivity index (χ1) is 15.6. The monoisotopic (exact) mass is 448 g/mol. The lowest BCUT2D eigenvalue weighted by Crippen LogP contribution is -2.28. The molecule has 1 aliphatic carbocycles. The smallest absolute Gasteiger partial charge is 0.331 e. The molecule has 0 spiro atoms. The average molecular weight is 449 g/mol. The highest BCUT2D eigenvalue weighted by Crippen LogP contribution is 2.41. The molecule has 0 unspecified atom stereocenters. The summed E-state index contributed by atoms with van der Waals surface area (Å²) in [7, 11) is 1.77. The number of Topliss-reactive ketones (excluding diaryl/α,β-unsaturated/α-hetero) is 1. The van der Waals surface area contributed by atoms with Gasteiger partial charge in [-0.25, -0.2) is 4.79 Å². The van der Waals surface area contributed by atoms with E-state index in [-0.39, 0.29) is 23.9 Å². The molecular formula is C29H36O4. The Hall–Kier alpha value is -2.98. The Morgan fingerprint density at radius 3 is 2.45 bits per heavy atom. The van der Waals surface area contributed by atoms with Crippen molar-refractivity contribution in [3.05, 3.63) is 94.6 Å². The van der Waals surface area contributed by atoms with Crippen molar-refractivity contribution < 1.29 is 19.1 Å². The molecule has 33 heavy (non-hydrogen) atoms. The predicted octanol–water partition coefficient (Wildman–Crippen LogP) is 6.57. The van der Waals surface area contributed by atoms with E-state index in [2.05, 4.69) is 32.9 Å². The van der Waals surface area contributed by atoms with Crippen molar-refractivity contribution in [3.63, 3.8) is 0 Å². The minimum Gasteiger partial charge on any atom is -0.454 e. The van der Waals surface area contributed by atoms with Crippen LogP contribution in [0.2, 0.25) is 0 Å². The van der Waals surface area contributed by atoms with E-state index in [1.807, 2.05) is 38.1 Å². The van der Waals surface area contributed by atoms with Crippen molar-refractivity contribution in [3.8, 4) is 0 Å². The minimum atomic E-state index is -0.531. The van der Waals surface area contributed by atoms with Crippen LogP contribution in [-0.2, 0) is 14.3 Å². The number of methoxy groups -OCH3 is 1. The van der Waals surface area contributed by atoms with Crippen molar-refractivity contribution in [2.45, 2.75) is 53.6 Å². The molecule has 176 valence electrons. The Morgan fingerprint density at radius 1 is 1.09 bits per heavy atom. The van der Waals surface area contributed by atoms with E-state index in [0.717, 1.165) is 24.0 Å². The van der Waals surface area contributed by atoms with Crippen LogP contribution in [0.5, 0.6) is 0 Å². The molecule has 4 heteroatoms. The molecule has 0 bridgehead atoms. The molecule has 0 aliphatic heterocycles. The summed E-state index contributed by atoms with van der Waals surface area (Å²) in [6.45, 7) is 10.3. The SMILES string of the molecule is CO[C@H]1CCC(C)(C)C(C=CC(C)=CC=CC(C)=CC(=O)OCC(=O)c2ccccc2)=C1C. The third kappa shape index (κ3) is 8.14. The largest absolute Gasteiger partial charge is 0.454 e. The zero-order chi connectivity index (χ0) is 24.4. The summed E-state index contributed by atoms with van der Waals surface area (Å²) in [5.74, 6) is -0.754. The number of carbonyl (C=O) groups is 2. The molecule has 1 atom stereocenters.